The van der Waals surface area contributed by atoms with Crippen molar-refractivity contribution in [3.63, 3.8) is 0 Å². The predicted octanol–water partition coefficient (Wildman–Crippen LogP) is 4.27. The molecular weight excluding hydrogens is 414 g/mol. The molecule has 1 saturated heterocycles. The van der Waals surface area contributed by atoms with Gasteiger partial charge in [0.05, 0.1) is 25.0 Å². The van der Waals surface area contributed by atoms with Crippen molar-refractivity contribution in [3.8, 4) is 11.5 Å². The third-order valence-corrected chi connectivity index (χ3v) is 7.76. The fourth-order valence-electron chi connectivity index (χ4n) is 3.44. The van der Waals surface area contributed by atoms with Crippen LogP contribution in [-0.2, 0) is 4.79 Å². The zero-order valence-electron chi connectivity index (χ0n) is 15.8. The van der Waals surface area contributed by atoms with E-state index in [2.05, 4.69) is 23.2 Å². The minimum absolute atomic E-state index is 0.103. The van der Waals surface area contributed by atoms with Gasteiger partial charge in [0, 0.05) is 13.0 Å². The number of hydrogen-bond acceptors (Lipinski definition) is 8. The maximum absolute atomic E-state index is 12.9. The van der Waals surface area contributed by atoms with Crippen molar-refractivity contribution >= 4 is 40.8 Å². The SMILES string of the molecule is CCSc1nnc(SCC(=O)N2CCC[C@H]2c2ccc3c(c2)OCCCO3)s1. The lowest BCUT2D eigenvalue weighted by Gasteiger charge is -2.25. The summed E-state index contributed by atoms with van der Waals surface area (Å²) >= 11 is 4.72. The summed E-state index contributed by atoms with van der Waals surface area (Å²) in [5.74, 6) is 3.11. The van der Waals surface area contributed by atoms with Crippen molar-refractivity contribution in [3.05, 3.63) is 23.8 Å². The van der Waals surface area contributed by atoms with E-state index >= 15 is 0 Å². The van der Waals surface area contributed by atoms with E-state index in [1.165, 1.54) is 11.8 Å². The molecule has 6 nitrogen and oxygen atoms in total. The number of nitrogens with zero attached hydrogens (tertiary/aromatic N) is 3. The summed E-state index contributed by atoms with van der Waals surface area (Å²) in [6.45, 7) is 4.24. The van der Waals surface area contributed by atoms with E-state index in [0.717, 1.165) is 57.3 Å². The molecule has 28 heavy (non-hydrogen) atoms. The topological polar surface area (TPSA) is 64.6 Å². The van der Waals surface area contributed by atoms with Gasteiger partial charge in [-0.3, -0.25) is 4.79 Å². The van der Waals surface area contributed by atoms with E-state index in [-0.39, 0.29) is 11.9 Å². The standard InChI is InChI=1S/C19H23N3O3S3/c1-2-26-18-20-21-19(28-18)27-12-17(23)22-8-3-5-14(22)13-6-7-15-16(11-13)25-10-4-9-24-15/h6-7,11,14H,2-5,8-10,12H2,1H3/t14-/m0/s1. The molecular formula is C19H23N3O3S3. The molecule has 1 amide bonds. The molecule has 9 heteroatoms. The Balaban J connectivity index is 1.41. The number of benzene rings is 1. The predicted molar refractivity (Wildman–Crippen MR) is 113 cm³/mol. The van der Waals surface area contributed by atoms with Crippen molar-refractivity contribution in [1.29, 1.82) is 0 Å². The van der Waals surface area contributed by atoms with Gasteiger partial charge in [0.15, 0.2) is 20.2 Å². The molecule has 3 heterocycles. The Hall–Kier alpha value is -1.45. The maximum Gasteiger partial charge on any atom is 0.233 e. The number of thioether (sulfide) groups is 2. The molecule has 1 fully saturated rings. The summed E-state index contributed by atoms with van der Waals surface area (Å²) in [6, 6.07) is 6.18. The molecule has 0 aliphatic carbocycles. The fraction of sp³-hybridized carbons (Fsp3) is 0.526. The fourth-order valence-corrected chi connectivity index (χ4v) is 6.25. The van der Waals surface area contributed by atoms with E-state index < -0.39 is 0 Å². The molecule has 2 aliphatic heterocycles. The van der Waals surface area contributed by atoms with E-state index in [9.17, 15) is 4.79 Å². The average molecular weight is 438 g/mol. The van der Waals surface area contributed by atoms with Crippen LogP contribution in [-0.4, -0.2) is 52.3 Å². The molecule has 0 saturated carbocycles. The van der Waals surface area contributed by atoms with Gasteiger partial charge < -0.3 is 14.4 Å². The van der Waals surface area contributed by atoms with Gasteiger partial charge in [0.2, 0.25) is 5.91 Å². The summed E-state index contributed by atoms with van der Waals surface area (Å²) in [7, 11) is 0. The first-order valence-electron chi connectivity index (χ1n) is 9.52. The second-order valence-corrected chi connectivity index (χ2v) is 10.3. The van der Waals surface area contributed by atoms with Crippen LogP contribution in [0.2, 0.25) is 0 Å². The van der Waals surface area contributed by atoms with Crippen LogP contribution in [0, 0.1) is 0 Å². The van der Waals surface area contributed by atoms with Crippen molar-refractivity contribution in [1.82, 2.24) is 15.1 Å². The summed E-state index contributed by atoms with van der Waals surface area (Å²) < 4.78 is 13.4. The maximum atomic E-state index is 12.9. The Labute approximate surface area is 177 Å². The normalized spacial score (nSPS) is 18.9. The Bertz CT molecular complexity index is 830. The first-order chi connectivity index (χ1) is 13.7. The summed E-state index contributed by atoms with van der Waals surface area (Å²) in [4.78, 5) is 14.9. The lowest BCUT2D eigenvalue weighted by Crippen LogP contribution is -2.32. The lowest BCUT2D eigenvalue weighted by molar-refractivity contribution is -0.129. The molecule has 2 aromatic rings. The highest BCUT2D eigenvalue weighted by Crippen LogP contribution is 2.38. The van der Waals surface area contributed by atoms with Gasteiger partial charge >= 0.3 is 0 Å². The molecule has 2 aliphatic rings. The third-order valence-electron chi connectivity index (χ3n) is 4.70. The quantitative estimate of drug-likeness (QED) is 0.625. The second kappa shape index (κ2) is 9.37. The number of likely N-dealkylation sites (tertiary alicyclic amines) is 1. The number of ether oxygens (including phenoxy) is 2. The minimum atomic E-state index is 0.103. The minimum Gasteiger partial charge on any atom is -0.490 e. The first-order valence-corrected chi connectivity index (χ1v) is 12.3. The second-order valence-electron chi connectivity index (χ2n) is 6.56. The zero-order valence-corrected chi connectivity index (χ0v) is 18.2. The number of fused-ring (bicyclic) bond motifs is 1. The first kappa shape index (κ1) is 19.8. The van der Waals surface area contributed by atoms with Gasteiger partial charge in [0.1, 0.15) is 0 Å². The Kier molecular flexibility index (Phi) is 6.64. The van der Waals surface area contributed by atoms with Gasteiger partial charge in [-0.2, -0.15) is 0 Å². The molecule has 0 bridgehead atoms. The lowest BCUT2D eigenvalue weighted by atomic mass is 10.0. The number of rotatable bonds is 6. The number of aromatic nitrogens is 2. The highest BCUT2D eigenvalue weighted by Gasteiger charge is 2.30. The number of amides is 1. The molecule has 1 aromatic heterocycles. The molecule has 150 valence electrons. The highest BCUT2D eigenvalue weighted by atomic mass is 32.2. The van der Waals surface area contributed by atoms with Gasteiger partial charge in [-0.15, -0.1) is 10.2 Å². The number of carbonyl (C=O) groups is 1. The summed E-state index contributed by atoms with van der Waals surface area (Å²) in [6.07, 6.45) is 2.89. The molecule has 1 aromatic carbocycles. The van der Waals surface area contributed by atoms with Crippen molar-refractivity contribution in [2.45, 2.75) is 40.9 Å². The molecule has 1 atom stereocenters. The molecule has 0 spiro atoms. The van der Waals surface area contributed by atoms with Gasteiger partial charge in [-0.1, -0.05) is 47.9 Å². The van der Waals surface area contributed by atoms with E-state index in [1.807, 2.05) is 17.0 Å². The van der Waals surface area contributed by atoms with Crippen LogP contribution < -0.4 is 9.47 Å². The van der Waals surface area contributed by atoms with Gasteiger partial charge in [0.25, 0.3) is 0 Å². The van der Waals surface area contributed by atoms with Crippen LogP contribution >= 0.6 is 34.9 Å². The molecule has 0 unspecified atom stereocenters. The van der Waals surface area contributed by atoms with E-state index in [0.29, 0.717) is 19.0 Å². The highest BCUT2D eigenvalue weighted by molar-refractivity contribution is 8.03. The van der Waals surface area contributed by atoms with Crippen LogP contribution in [0.3, 0.4) is 0 Å². The smallest absolute Gasteiger partial charge is 0.233 e. The molecule has 0 N–H and O–H groups in total. The average Bonchev–Trinajstić information content (AvgIpc) is 3.31. The Morgan fingerprint density at radius 2 is 1.96 bits per heavy atom. The van der Waals surface area contributed by atoms with E-state index in [1.54, 1.807) is 23.1 Å². The Morgan fingerprint density at radius 3 is 2.79 bits per heavy atom. The third kappa shape index (κ3) is 4.58. The van der Waals surface area contributed by atoms with Crippen molar-refractivity contribution in [2.24, 2.45) is 0 Å². The Morgan fingerprint density at radius 1 is 1.18 bits per heavy atom. The van der Waals surface area contributed by atoms with Crippen LogP contribution in [0.4, 0.5) is 0 Å². The monoisotopic (exact) mass is 437 g/mol. The zero-order chi connectivity index (χ0) is 19.3. The van der Waals surface area contributed by atoms with Gasteiger partial charge in [-0.05, 0) is 36.3 Å². The number of hydrogen-bond donors (Lipinski definition) is 0. The van der Waals surface area contributed by atoms with Crippen molar-refractivity contribution < 1.29 is 14.3 Å². The van der Waals surface area contributed by atoms with Crippen molar-refractivity contribution in [2.75, 3.05) is 31.3 Å². The largest absolute Gasteiger partial charge is 0.490 e. The molecule has 0 radical (unpaired) electrons. The van der Waals surface area contributed by atoms with Crippen LogP contribution in [0.1, 0.15) is 37.8 Å². The number of carbonyl (C=O) groups excluding carboxylic acids is 1. The summed E-state index contributed by atoms with van der Waals surface area (Å²) in [5.41, 5.74) is 1.12. The van der Waals surface area contributed by atoms with Crippen LogP contribution in [0.5, 0.6) is 11.5 Å². The summed E-state index contributed by atoms with van der Waals surface area (Å²) in [5, 5.41) is 8.33. The van der Waals surface area contributed by atoms with Gasteiger partial charge in [-0.25, -0.2) is 0 Å². The van der Waals surface area contributed by atoms with Crippen LogP contribution in [0.25, 0.3) is 0 Å². The van der Waals surface area contributed by atoms with E-state index in [4.69, 9.17) is 9.47 Å². The van der Waals surface area contributed by atoms with Crippen LogP contribution in [0.15, 0.2) is 26.9 Å². The molecule has 4 rings (SSSR count).